The Hall–Kier alpha value is -1.83. The van der Waals surface area contributed by atoms with Crippen molar-refractivity contribution in [3.63, 3.8) is 0 Å². The second-order valence-corrected chi connectivity index (χ2v) is 4.75. The van der Waals surface area contributed by atoms with Gasteiger partial charge in [-0.2, -0.15) is 0 Å². The van der Waals surface area contributed by atoms with Crippen molar-refractivity contribution in [2.75, 3.05) is 32.9 Å². The average molecular weight is 273 g/mol. The van der Waals surface area contributed by atoms with E-state index in [0.717, 1.165) is 24.1 Å². The van der Waals surface area contributed by atoms with Crippen LogP contribution in [-0.2, 0) is 4.74 Å². The van der Waals surface area contributed by atoms with Gasteiger partial charge in [0.1, 0.15) is 6.61 Å². The summed E-state index contributed by atoms with van der Waals surface area (Å²) < 4.78 is 5.36. The molecule has 0 atom stereocenters. The number of hydrogen-bond acceptors (Lipinski definition) is 3. The van der Waals surface area contributed by atoms with Crippen LogP contribution in [0.25, 0.3) is 0 Å². The molecule has 4 nitrogen and oxygen atoms in total. The van der Waals surface area contributed by atoms with E-state index >= 15 is 0 Å². The summed E-state index contributed by atoms with van der Waals surface area (Å²) in [5, 5.41) is 8.77. The van der Waals surface area contributed by atoms with Crippen molar-refractivity contribution in [1.82, 2.24) is 4.90 Å². The normalized spacial score (nSPS) is 15.2. The number of benzene rings is 1. The molecule has 4 heteroatoms. The van der Waals surface area contributed by atoms with Crippen molar-refractivity contribution in [3.05, 3.63) is 34.9 Å². The smallest absolute Gasteiger partial charge is 0.253 e. The predicted molar refractivity (Wildman–Crippen MR) is 76.5 cm³/mol. The van der Waals surface area contributed by atoms with Crippen molar-refractivity contribution in [2.24, 2.45) is 0 Å². The first-order valence-electron chi connectivity index (χ1n) is 6.80. The number of aryl methyl sites for hydroxylation is 1. The fourth-order valence-electron chi connectivity index (χ4n) is 2.16. The van der Waals surface area contributed by atoms with Gasteiger partial charge in [0.15, 0.2) is 0 Å². The summed E-state index contributed by atoms with van der Waals surface area (Å²) in [5.41, 5.74) is 2.43. The second-order valence-electron chi connectivity index (χ2n) is 4.75. The van der Waals surface area contributed by atoms with Crippen LogP contribution in [0.4, 0.5) is 0 Å². The highest BCUT2D eigenvalue weighted by molar-refractivity contribution is 5.94. The van der Waals surface area contributed by atoms with Crippen LogP contribution in [0.3, 0.4) is 0 Å². The van der Waals surface area contributed by atoms with E-state index in [0.29, 0.717) is 25.3 Å². The van der Waals surface area contributed by atoms with E-state index in [2.05, 4.69) is 11.8 Å². The topological polar surface area (TPSA) is 49.8 Å². The number of hydrogen-bond donors (Lipinski definition) is 1. The Kier molecular flexibility index (Phi) is 5.16. The molecule has 1 aromatic rings. The molecule has 1 saturated heterocycles. The minimum absolute atomic E-state index is 0.0162. The summed E-state index contributed by atoms with van der Waals surface area (Å²) in [6.07, 6.45) is 0.870. The first-order chi connectivity index (χ1) is 9.72. The molecule has 0 aliphatic carbocycles. The minimum atomic E-state index is -0.179. The van der Waals surface area contributed by atoms with E-state index in [1.807, 2.05) is 24.0 Å². The van der Waals surface area contributed by atoms with Gasteiger partial charge in [-0.25, -0.2) is 0 Å². The van der Waals surface area contributed by atoms with E-state index in [4.69, 9.17) is 9.84 Å². The average Bonchev–Trinajstić information content (AvgIpc) is 2.75. The molecule has 0 radical (unpaired) electrons. The Bertz CT molecular complexity index is 534. The number of nitrogens with zero attached hydrogens (tertiary/aromatic N) is 1. The number of carbonyl (C=O) groups is 1. The Morgan fingerprint density at radius 2 is 2.25 bits per heavy atom. The number of rotatable bonds is 1. The summed E-state index contributed by atoms with van der Waals surface area (Å²) in [7, 11) is 0. The van der Waals surface area contributed by atoms with Gasteiger partial charge in [-0.15, -0.1) is 0 Å². The number of aliphatic hydroxyl groups excluding tert-OH is 1. The van der Waals surface area contributed by atoms with Gasteiger partial charge in [0.2, 0.25) is 0 Å². The van der Waals surface area contributed by atoms with Crippen molar-refractivity contribution in [1.29, 1.82) is 0 Å². The highest BCUT2D eigenvalue weighted by atomic mass is 16.5. The van der Waals surface area contributed by atoms with Gasteiger partial charge in [-0.05, 0) is 31.0 Å². The van der Waals surface area contributed by atoms with E-state index in [1.165, 1.54) is 0 Å². The Balaban J connectivity index is 2.21. The molecule has 1 fully saturated rings. The molecule has 0 spiro atoms. The largest absolute Gasteiger partial charge is 0.384 e. The van der Waals surface area contributed by atoms with Crippen molar-refractivity contribution < 1.29 is 14.6 Å². The molecule has 1 heterocycles. The highest BCUT2D eigenvalue weighted by Gasteiger charge is 2.17. The summed E-state index contributed by atoms with van der Waals surface area (Å²) in [5.74, 6) is 5.52. The van der Waals surface area contributed by atoms with Gasteiger partial charge in [0.05, 0.1) is 6.61 Å². The molecule has 106 valence electrons. The number of carbonyl (C=O) groups excluding carboxylic acids is 1. The summed E-state index contributed by atoms with van der Waals surface area (Å²) in [6.45, 7) is 4.42. The number of amides is 1. The van der Waals surface area contributed by atoms with Crippen LogP contribution in [0.1, 0.15) is 27.9 Å². The second kappa shape index (κ2) is 7.09. The van der Waals surface area contributed by atoms with Crippen LogP contribution in [-0.4, -0.2) is 48.8 Å². The molecular formula is C16H19NO3. The van der Waals surface area contributed by atoms with Gasteiger partial charge in [-0.3, -0.25) is 4.79 Å². The van der Waals surface area contributed by atoms with Crippen LogP contribution < -0.4 is 0 Å². The minimum Gasteiger partial charge on any atom is -0.384 e. The molecule has 1 aromatic carbocycles. The molecular weight excluding hydrogens is 254 g/mol. The zero-order valence-corrected chi connectivity index (χ0v) is 11.7. The zero-order chi connectivity index (χ0) is 14.4. The van der Waals surface area contributed by atoms with E-state index in [1.54, 1.807) is 6.07 Å². The SMILES string of the molecule is Cc1ccc(C(=O)N2CCCOCC2)cc1C#CCO. The fraction of sp³-hybridized carbons (Fsp3) is 0.438. The van der Waals surface area contributed by atoms with E-state index < -0.39 is 0 Å². The van der Waals surface area contributed by atoms with E-state index in [-0.39, 0.29) is 12.5 Å². The van der Waals surface area contributed by atoms with Gasteiger partial charge in [0, 0.05) is 30.8 Å². The molecule has 20 heavy (non-hydrogen) atoms. The lowest BCUT2D eigenvalue weighted by atomic mass is 10.0. The van der Waals surface area contributed by atoms with Gasteiger partial charge >= 0.3 is 0 Å². The molecule has 0 aromatic heterocycles. The first-order valence-corrected chi connectivity index (χ1v) is 6.80. The first kappa shape index (κ1) is 14.6. The summed E-state index contributed by atoms with van der Waals surface area (Å²) in [6, 6.07) is 5.52. The zero-order valence-electron chi connectivity index (χ0n) is 11.7. The third-order valence-electron chi connectivity index (χ3n) is 3.30. The molecule has 1 aliphatic rings. The standard InChI is InChI=1S/C16H19NO3/c1-13-5-6-15(12-14(13)4-2-9-18)16(19)17-7-3-10-20-11-8-17/h5-6,12,18H,3,7-11H2,1H3. The summed E-state index contributed by atoms with van der Waals surface area (Å²) >= 11 is 0. The maximum absolute atomic E-state index is 12.5. The van der Waals surface area contributed by atoms with Crippen LogP contribution in [0.2, 0.25) is 0 Å². The maximum Gasteiger partial charge on any atom is 0.253 e. The molecule has 1 N–H and O–H groups in total. The maximum atomic E-state index is 12.5. The summed E-state index contributed by atoms with van der Waals surface area (Å²) in [4.78, 5) is 14.3. The Labute approximate surface area is 119 Å². The van der Waals surface area contributed by atoms with Crippen molar-refractivity contribution in [3.8, 4) is 11.8 Å². The predicted octanol–water partition coefficient (Wildman–Crippen LogP) is 1.20. The van der Waals surface area contributed by atoms with E-state index in [9.17, 15) is 4.79 Å². The monoisotopic (exact) mass is 273 g/mol. The third kappa shape index (κ3) is 3.60. The van der Waals surface area contributed by atoms with Gasteiger partial charge < -0.3 is 14.7 Å². The third-order valence-corrected chi connectivity index (χ3v) is 3.30. The van der Waals surface area contributed by atoms with Crippen LogP contribution in [0.5, 0.6) is 0 Å². The van der Waals surface area contributed by atoms with Crippen molar-refractivity contribution >= 4 is 5.91 Å². The molecule has 0 saturated carbocycles. The van der Waals surface area contributed by atoms with Gasteiger partial charge in [0.25, 0.3) is 5.91 Å². The molecule has 2 rings (SSSR count). The van der Waals surface area contributed by atoms with Crippen LogP contribution >= 0.6 is 0 Å². The Morgan fingerprint density at radius 3 is 3.05 bits per heavy atom. The molecule has 1 amide bonds. The lowest BCUT2D eigenvalue weighted by molar-refractivity contribution is 0.0741. The van der Waals surface area contributed by atoms with Gasteiger partial charge in [-0.1, -0.05) is 17.9 Å². The Morgan fingerprint density at radius 1 is 1.40 bits per heavy atom. The molecule has 0 bridgehead atoms. The van der Waals surface area contributed by atoms with Crippen molar-refractivity contribution in [2.45, 2.75) is 13.3 Å². The molecule has 1 aliphatic heterocycles. The lowest BCUT2D eigenvalue weighted by Gasteiger charge is -2.19. The quantitative estimate of drug-likeness (QED) is 0.782. The lowest BCUT2D eigenvalue weighted by Crippen LogP contribution is -2.33. The number of aliphatic hydroxyl groups is 1. The number of ether oxygens (including phenoxy) is 1. The van der Waals surface area contributed by atoms with Crippen LogP contribution in [0, 0.1) is 18.8 Å². The fourth-order valence-corrected chi connectivity index (χ4v) is 2.16. The highest BCUT2D eigenvalue weighted by Crippen LogP contribution is 2.13. The molecule has 0 unspecified atom stereocenters. The van der Waals surface area contributed by atoms with Crippen LogP contribution in [0.15, 0.2) is 18.2 Å².